The summed E-state index contributed by atoms with van der Waals surface area (Å²) in [5, 5.41) is 0. The van der Waals surface area contributed by atoms with Crippen LogP contribution in [0.15, 0.2) is 108 Å². The van der Waals surface area contributed by atoms with Crippen LogP contribution in [0, 0.1) is 0 Å². The van der Waals surface area contributed by atoms with E-state index in [0.717, 1.165) is 5.69 Å². The van der Waals surface area contributed by atoms with E-state index in [4.69, 9.17) is 4.99 Å². The zero-order chi connectivity index (χ0) is 24.6. The van der Waals surface area contributed by atoms with E-state index in [9.17, 15) is 0 Å². The lowest BCUT2D eigenvalue weighted by molar-refractivity contribution is 0.434. The van der Waals surface area contributed by atoms with Crippen LogP contribution in [0.1, 0.15) is 29.2 Å². The number of fused-ring (bicyclic) bond motifs is 1. The van der Waals surface area contributed by atoms with E-state index < -0.39 is 10.8 Å². The predicted molar refractivity (Wildman–Crippen MR) is 150 cm³/mol. The minimum absolute atomic E-state index is 0.415. The fourth-order valence-electron chi connectivity index (χ4n) is 5.65. The standard InChI is InChI=1S/C32H33N3/c1-31(24-11-7-6-8-12-24)23-33-30-14-10-9-13-29(30)32(31,25-15-19-27(20-16-25)34(2)3)26-17-21-28(22-18-26)35(4)5/h6-23H,1-5H3. The number of benzene rings is 4. The minimum atomic E-state index is -0.470. The summed E-state index contributed by atoms with van der Waals surface area (Å²) in [6.07, 6.45) is 2.17. The summed E-state index contributed by atoms with van der Waals surface area (Å²) in [5.74, 6) is 0. The van der Waals surface area contributed by atoms with Crippen molar-refractivity contribution in [1.82, 2.24) is 0 Å². The second-order valence-electron chi connectivity index (χ2n) is 9.98. The Morgan fingerprint density at radius 1 is 0.543 bits per heavy atom. The van der Waals surface area contributed by atoms with Crippen molar-refractivity contribution in [2.24, 2.45) is 4.99 Å². The summed E-state index contributed by atoms with van der Waals surface area (Å²) in [5.41, 5.74) is 7.49. The van der Waals surface area contributed by atoms with Gasteiger partial charge in [0.2, 0.25) is 0 Å². The van der Waals surface area contributed by atoms with Crippen molar-refractivity contribution in [1.29, 1.82) is 0 Å². The van der Waals surface area contributed by atoms with Crippen LogP contribution in [-0.2, 0) is 10.8 Å². The summed E-state index contributed by atoms with van der Waals surface area (Å²) >= 11 is 0. The monoisotopic (exact) mass is 459 g/mol. The molecule has 0 bridgehead atoms. The fourth-order valence-corrected chi connectivity index (χ4v) is 5.65. The van der Waals surface area contributed by atoms with Crippen LogP contribution in [0.5, 0.6) is 0 Å². The summed E-state index contributed by atoms with van der Waals surface area (Å²) in [6.45, 7) is 2.33. The molecule has 1 heterocycles. The molecule has 0 fully saturated rings. The van der Waals surface area contributed by atoms with E-state index >= 15 is 0 Å². The van der Waals surface area contributed by atoms with Gasteiger partial charge < -0.3 is 9.80 Å². The SMILES string of the molecule is CN(C)c1ccc(C2(c3ccc(N(C)C)cc3)c3ccccc3N=CC2(C)c2ccccc2)cc1. The third kappa shape index (κ3) is 3.54. The number of para-hydroxylation sites is 1. The van der Waals surface area contributed by atoms with Gasteiger partial charge in [0, 0.05) is 51.2 Å². The summed E-state index contributed by atoms with van der Waals surface area (Å²) in [4.78, 5) is 9.31. The second-order valence-corrected chi connectivity index (χ2v) is 9.98. The van der Waals surface area contributed by atoms with Crippen LogP contribution in [0.4, 0.5) is 17.1 Å². The molecule has 0 aromatic heterocycles. The Hall–Kier alpha value is -3.85. The zero-order valence-corrected chi connectivity index (χ0v) is 21.2. The first-order chi connectivity index (χ1) is 16.9. The highest BCUT2D eigenvalue weighted by Crippen LogP contribution is 2.57. The molecule has 3 heteroatoms. The topological polar surface area (TPSA) is 18.8 Å². The van der Waals surface area contributed by atoms with Gasteiger partial charge in [0.15, 0.2) is 0 Å². The first kappa shape index (κ1) is 22.9. The van der Waals surface area contributed by atoms with E-state index in [0.29, 0.717) is 0 Å². The van der Waals surface area contributed by atoms with Crippen LogP contribution >= 0.6 is 0 Å². The molecule has 1 aliphatic heterocycles. The van der Waals surface area contributed by atoms with Crippen LogP contribution < -0.4 is 9.80 Å². The molecule has 5 rings (SSSR count). The molecule has 0 amide bonds. The molecule has 0 saturated carbocycles. The van der Waals surface area contributed by atoms with Crippen molar-refractivity contribution >= 4 is 23.3 Å². The number of hydrogen-bond donors (Lipinski definition) is 0. The van der Waals surface area contributed by atoms with Gasteiger partial charge in [-0.3, -0.25) is 4.99 Å². The summed E-state index contributed by atoms with van der Waals surface area (Å²) in [6, 6.07) is 37.5. The molecule has 0 radical (unpaired) electrons. The van der Waals surface area contributed by atoms with E-state index in [1.807, 2.05) is 0 Å². The molecular formula is C32H33N3. The van der Waals surface area contributed by atoms with Crippen molar-refractivity contribution in [2.75, 3.05) is 38.0 Å². The molecule has 4 aromatic carbocycles. The Morgan fingerprint density at radius 2 is 1.03 bits per heavy atom. The lowest BCUT2D eigenvalue weighted by Gasteiger charge is -2.51. The average molecular weight is 460 g/mol. The van der Waals surface area contributed by atoms with E-state index in [1.165, 1.54) is 33.6 Å². The van der Waals surface area contributed by atoms with Crippen LogP contribution in [0.2, 0.25) is 0 Å². The third-order valence-corrected chi connectivity index (χ3v) is 7.56. The smallest absolute Gasteiger partial charge is 0.0671 e. The normalized spacial score (nSPS) is 18.1. The number of aliphatic imine (C=N–C) groups is 1. The third-order valence-electron chi connectivity index (χ3n) is 7.56. The predicted octanol–water partition coefficient (Wildman–Crippen LogP) is 6.83. The molecule has 35 heavy (non-hydrogen) atoms. The quantitative estimate of drug-likeness (QED) is 0.326. The van der Waals surface area contributed by atoms with Gasteiger partial charge >= 0.3 is 0 Å². The number of hydrogen-bond acceptors (Lipinski definition) is 3. The summed E-state index contributed by atoms with van der Waals surface area (Å²) < 4.78 is 0. The van der Waals surface area contributed by atoms with Crippen molar-refractivity contribution in [3.8, 4) is 0 Å². The van der Waals surface area contributed by atoms with Gasteiger partial charge in [-0.1, -0.05) is 72.8 Å². The van der Waals surface area contributed by atoms with Crippen LogP contribution in [0.3, 0.4) is 0 Å². The highest BCUT2D eigenvalue weighted by Gasteiger charge is 2.54. The Bertz CT molecular complexity index is 1280. The van der Waals surface area contributed by atoms with Gasteiger partial charge in [0.1, 0.15) is 0 Å². The largest absolute Gasteiger partial charge is 0.378 e. The molecular weight excluding hydrogens is 426 g/mol. The first-order valence-corrected chi connectivity index (χ1v) is 12.1. The molecule has 1 unspecified atom stereocenters. The van der Waals surface area contributed by atoms with Gasteiger partial charge in [0.05, 0.1) is 11.1 Å². The zero-order valence-electron chi connectivity index (χ0n) is 21.2. The van der Waals surface area contributed by atoms with E-state index in [1.54, 1.807) is 0 Å². The average Bonchev–Trinajstić information content (AvgIpc) is 2.89. The number of anilines is 2. The van der Waals surface area contributed by atoms with Crippen molar-refractivity contribution in [3.05, 3.63) is 125 Å². The van der Waals surface area contributed by atoms with Crippen LogP contribution in [-0.4, -0.2) is 34.4 Å². The molecule has 176 valence electrons. The maximum Gasteiger partial charge on any atom is 0.0671 e. The van der Waals surface area contributed by atoms with Gasteiger partial charge in [-0.15, -0.1) is 0 Å². The second kappa shape index (κ2) is 8.74. The van der Waals surface area contributed by atoms with Gasteiger partial charge in [-0.05, 0) is 59.5 Å². The van der Waals surface area contributed by atoms with Crippen molar-refractivity contribution in [2.45, 2.75) is 17.8 Å². The molecule has 3 nitrogen and oxygen atoms in total. The Labute approximate surface area is 209 Å². The lowest BCUT2D eigenvalue weighted by atomic mass is 9.51. The Balaban J connectivity index is 1.89. The molecule has 1 atom stereocenters. The van der Waals surface area contributed by atoms with Gasteiger partial charge in [-0.25, -0.2) is 0 Å². The van der Waals surface area contributed by atoms with E-state index in [-0.39, 0.29) is 0 Å². The highest BCUT2D eigenvalue weighted by molar-refractivity contribution is 5.88. The Kier molecular flexibility index (Phi) is 5.72. The molecule has 0 N–H and O–H groups in total. The lowest BCUT2D eigenvalue weighted by Crippen LogP contribution is -2.51. The number of nitrogens with zero attached hydrogens (tertiary/aromatic N) is 3. The molecule has 1 aliphatic rings. The molecule has 4 aromatic rings. The minimum Gasteiger partial charge on any atom is -0.378 e. The van der Waals surface area contributed by atoms with E-state index in [2.05, 4.69) is 154 Å². The number of rotatable bonds is 5. The summed E-state index contributed by atoms with van der Waals surface area (Å²) in [7, 11) is 8.34. The Morgan fingerprint density at radius 3 is 1.54 bits per heavy atom. The van der Waals surface area contributed by atoms with Crippen molar-refractivity contribution in [3.63, 3.8) is 0 Å². The van der Waals surface area contributed by atoms with Gasteiger partial charge in [0.25, 0.3) is 0 Å². The molecule has 0 aliphatic carbocycles. The maximum atomic E-state index is 5.02. The fraction of sp³-hybridized carbons (Fsp3) is 0.219. The molecule has 0 spiro atoms. The molecule has 0 saturated heterocycles. The highest BCUT2D eigenvalue weighted by atomic mass is 15.1. The first-order valence-electron chi connectivity index (χ1n) is 12.1. The van der Waals surface area contributed by atoms with Crippen LogP contribution in [0.25, 0.3) is 0 Å². The van der Waals surface area contributed by atoms with Crippen molar-refractivity contribution < 1.29 is 0 Å². The van der Waals surface area contributed by atoms with Gasteiger partial charge in [-0.2, -0.15) is 0 Å². The maximum absolute atomic E-state index is 5.02.